The Hall–Kier alpha value is -1.47. The summed E-state index contributed by atoms with van der Waals surface area (Å²) in [7, 11) is 0. The minimum Gasteiger partial charge on any atom is -0.357 e. The molecule has 7 heteroatoms. The quantitative estimate of drug-likeness (QED) is 0.557. The lowest BCUT2D eigenvalue weighted by Crippen LogP contribution is -2.38. The largest absolute Gasteiger partial charge is 0.357 e. The Morgan fingerprint density at radius 3 is 2.62 bits per heavy atom. The molecule has 0 aliphatic rings. The van der Waals surface area contributed by atoms with E-state index in [0.29, 0.717) is 0 Å². The van der Waals surface area contributed by atoms with E-state index in [-0.39, 0.29) is 0 Å². The summed E-state index contributed by atoms with van der Waals surface area (Å²) in [5.74, 6) is 0.869. The highest BCUT2D eigenvalue weighted by Gasteiger charge is 2.06. The van der Waals surface area contributed by atoms with Crippen molar-refractivity contribution in [1.82, 2.24) is 20.6 Å². The van der Waals surface area contributed by atoms with Gasteiger partial charge in [-0.15, -0.1) is 22.7 Å². The number of rotatable bonds is 8. The summed E-state index contributed by atoms with van der Waals surface area (Å²) in [6.45, 7) is 10.9. The van der Waals surface area contributed by atoms with E-state index in [9.17, 15) is 0 Å². The number of hydrogen-bond acceptors (Lipinski definition) is 5. The molecule has 2 aromatic heterocycles. The predicted molar refractivity (Wildman–Crippen MR) is 104 cm³/mol. The first-order valence-electron chi connectivity index (χ1n) is 8.50. The highest BCUT2D eigenvalue weighted by molar-refractivity contribution is 7.11. The molecule has 0 unspecified atom stereocenters. The van der Waals surface area contributed by atoms with Gasteiger partial charge in [0, 0.05) is 42.7 Å². The van der Waals surface area contributed by atoms with Crippen LogP contribution < -0.4 is 10.6 Å². The van der Waals surface area contributed by atoms with Crippen molar-refractivity contribution in [3.63, 3.8) is 0 Å². The molecule has 0 saturated carbocycles. The molecule has 2 N–H and O–H groups in total. The van der Waals surface area contributed by atoms with Gasteiger partial charge in [0.05, 0.1) is 21.4 Å². The number of thiazole rings is 2. The Kier molecular flexibility index (Phi) is 7.65. The molecule has 0 aromatic carbocycles. The molecule has 2 rings (SSSR count). The number of nitrogens with one attached hydrogen (secondary N) is 2. The fourth-order valence-corrected chi connectivity index (χ4v) is 4.02. The molecular formula is C17H27N5S2. The summed E-state index contributed by atoms with van der Waals surface area (Å²) in [5.41, 5.74) is 2.37. The van der Waals surface area contributed by atoms with Gasteiger partial charge in [0.1, 0.15) is 0 Å². The van der Waals surface area contributed by atoms with Gasteiger partial charge in [0.15, 0.2) is 5.96 Å². The Morgan fingerprint density at radius 1 is 1.17 bits per heavy atom. The molecule has 0 spiro atoms. The maximum absolute atomic E-state index is 4.68. The average molecular weight is 366 g/mol. The molecule has 5 nitrogen and oxygen atoms in total. The standard InChI is InChI=1S/C17H27N5S2/c1-5-15-12(3)24-16(22-15)8-10-20-17(18-6-2)19-9-7-14-11-23-13(4)21-14/h11H,5-10H2,1-4H3,(H2,18,19,20). The Balaban J connectivity index is 1.80. The number of hydrogen-bond donors (Lipinski definition) is 2. The summed E-state index contributed by atoms with van der Waals surface area (Å²) in [4.78, 5) is 15.1. The van der Waals surface area contributed by atoms with Crippen molar-refractivity contribution in [2.24, 2.45) is 4.99 Å². The lowest BCUT2D eigenvalue weighted by molar-refractivity contribution is 0.787. The minimum atomic E-state index is 0.751. The highest BCUT2D eigenvalue weighted by Crippen LogP contribution is 2.18. The lowest BCUT2D eigenvalue weighted by atomic mass is 10.3. The number of nitrogens with zero attached hydrogens (tertiary/aromatic N) is 3. The molecule has 2 aromatic rings. The van der Waals surface area contributed by atoms with Crippen molar-refractivity contribution >= 4 is 28.6 Å². The van der Waals surface area contributed by atoms with Crippen LogP contribution in [0.15, 0.2) is 10.4 Å². The van der Waals surface area contributed by atoms with Crippen LogP contribution in [0.5, 0.6) is 0 Å². The van der Waals surface area contributed by atoms with E-state index in [1.54, 1.807) is 22.7 Å². The molecule has 0 aliphatic carbocycles. The van der Waals surface area contributed by atoms with Crippen LogP contribution in [0.25, 0.3) is 0 Å². The summed E-state index contributed by atoms with van der Waals surface area (Å²) < 4.78 is 0. The van der Waals surface area contributed by atoms with Crippen molar-refractivity contribution in [2.45, 2.75) is 47.0 Å². The average Bonchev–Trinajstić information content (AvgIpc) is 3.12. The molecule has 0 fully saturated rings. The normalized spacial score (nSPS) is 11.8. The van der Waals surface area contributed by atoms with Crippen molar-refractivity contribution < 1.29 is 0 Å². The molecule has 0 aliphatic heterocycles. The van der Waals surface area contributed by atoms with Crippen LogP contribution in [-0.4, -0.2) is 35.6 Å². The van der Waals surface area contributed by atoms with Crippen LogP contribution in [0, 0.1) is 13.8 Å². The van der Waals surface area contributed by atoms with Crippen LogP contribution in [0.1, 0.15) is 40.1 Å². The summed E-state index contributed by atoms with van der Waals surface area (Å²) in [5, 5.41) is 11.1. The molecular weight excluding hydrogens is 338 g/mol. The SMILES string of the molecule is CCNC(=NCCc1nc(CC)c(C)s1)NCCc1csc(C)n1. The number of aliphatic imine (C=N–C) groups is 1. The fraction of sp³-hybridized carbons (Fsp3) is 0.588. The van der Waals surface area contributed by atoms with Crippen LogP contribution in [0.2, 0.25) is 0 Å². The maximum Gasteiger partial charge on any atom is 0.191 e. The molecule has 0 atom stereocenters. The lowest BCUT2D eigenvalue weighted by Gasteiger charge is -2.10. The Morgan fingerprint density at radius 2 is 2.00 bits per heavy atom. The van der Waals surface area contributed by atoms with Gasteiger partial charge in [-0.25, -0.2) is 9.97 Å². The molecule has 0 amide bonds. The van der Waals surface area contributed by atoms with Crippen LogP contribution in [0.4, 0.5) is 0 Å². The van der Waals surface area contributed by atoms with E-state index >= 15 is 0 Å². The summed E-state index contributed by atoms with van der Waals surface area (Å²) in [6.07, 6.45) is 2.82. The van der Waals surface area contributed by atoms with Gasteiger partial charge in [-0.2, -0.15) is 0 Å². The van der Waals surface area contributed by atoms with Crippen molar-refractivity contribution in [1.29, 1.82) is 0 Å². The zero-order valence-corrected chi connectivity index (χ0v) is 16.6. The third kappa shape index (κ3) is 5.87. The van der Waals surface area contributed by atoms with E-state index in [0.717, 1.165) is 55.6 Å². The minimum absolute atomic E-state index is 0.751. The zero-order valence-electron chi connectivity index (χ0n) is 15.0. The summed E-state index contributed by atoms with van der Waals surface area (Å²) >= 11 is 3.49. The molecule has 132 valence electrons. The van der Waals surface area contributed by atoms with Gasteiger partial charge in [-0.1, -0.05) is 6.92 Å². The first kappa shape index (κ1) is 18.9. The van der Waals surface area contributed by atoms with E-state index in [2.05, 4.69) is 51.7 Å². The Labute approximate surface area is 152 Å². The number of aromatic nitrogens is 2. The van der Waals surface area contributed by atoms with Gasteiger partial charge in [-0.3, -0.25) is 4.99 Å². The van der Waals surface area contributed by atoms with E-state index in [1.165, 1.54) is 15.6 Å². The van der Waals surface area contributed by atoms with E-state index < -0.39 is 0 Å². The highest BCUT2D eigenvalue weighted by atomic mass is 32.1. The van der Waals surface area contributed by atoms with E-state index in [1.807, 2.05) is 6.92 Å². The molecule has 0 bridgehead atoms. The molecule has 2 heterocycles. The van der Waals surface area contributed by atoms with Crippen molar-refractivity contribution in [3.8, 4) is 0 Å². The van der Waals surface area contributed by atoms with Crippen molar-refractivity contribution in [3.05, 3.63) is 31.7 Å². The topological polar surface area (TPSA) is 62.2 Å². The van der Waals surface area contributed by atoms with Gasteiger partial charge in [-0.05, 0) is 27.2 Å². The molecule has 0 saturated heterocycles. The number of guanidine groups is 1. The zero-order chi connectivity index (χ0) is 17.4. The Bertz CT molecular complexity index is 660. The van der Waals surface area contributed by atoms with E-state index in [4.69, 9.17) is 0 Å². The summed E-state index contributed by atoms with van der Waals surface area (Å²) in [6, 6.07) is 0. The van der Waals surface area contributed by atoms with Gasteiger partial charge in [0.25, 0.3) is 0 Å². The first-order chi connectivity index (χ1) is 11.6. The molecule has 0 radical (unpaired) electrons. The van der Waals surface area contributed by atoms with Crippen LogP contribution in [0.3, 0.4) is 0 Å². The van der Waals surface area contributed by atoms with Gasteiger partial charge in [0.2, 0.25) is 0 Å². The fourth-order valence-electron chi connectivity index (χ4n) is 2.36. The van der Waals surface area contributed by atoms with Crippen LogP contribution >= 0.6 is 22.7 Å². The first-order valence-corrected chi connectivity index (χ1v) is 10.2. The second kappa shape index (κ2) is 9.74. The maximum atomic E-state index is 4.68. The predicted octanol–water partition coefficient (Wildman–Crippen LogP) is 3.12. The van der Waals surface area contributed by atoms with Gasteiger partial charge >= 0.3 is 0 Å². The smallest absolute Gasteiger partial charge is 0.191 e. The van der Waals surface area contributed by atoms with Crippen molar-refractivity contribution in [2.75, 3.05) is 19.6 Å². The van der Waals surface area contributed by atoms with Crippen LogP contribution in [-0.2, 0) is 19.3 Å². The van der Waals surface area contributed by atoms with Gasteiger partial charge < -0.3 is 10.6 Å². The third-order valence-electron chi connectivity index (χ3n) is 3.55. The second-order valence-electron chi connectivity index (χ2n) is 5.51. The second-order valence-corrected chi connectivity index (χ2v) is 7.86. The molecule has 24 heavy (non-hydrogen) atoms. The number of aryl methyl sites for hydroxylation is 3. The third-order valence-corrected chi connectivity index (χ3v) is 5.45. The monoisotopic (exact) mass is 365 g/mol.